The Kier molecular flexibility index (Phi) is 11.4. The van der Waals surface area contributed by atoms with Gasteiger partial charge in [0.25, 0.3) is 17.7 Å². The number of amides is 5. The van der Waals surface area contributed by atoms with Gasteiger partial charge in [-0.05, 0) is 106 Å². The molecule has 5 aliphatic heterocycles. The van der Waals surface area contributed by atoms with E-state index in [0.29, 0.717) is 29.8 Å². The minimum Gasteiger partial charge on any atom is -0.365 e. The third kappa shape index (κ3) is 8.23. The number of primary amides is 1. The Bertz CT molecular complexity index is 2390. The highest BCUT2D eigenvalue weighted by Gasteiger charge is 2.45. The zero-order chi connectivity index (χ0) is 43.1. The number of piperidine rings is 3. The first-order chi connectivity index (χ1) is 30.0. The van der Waals surface area contributed by atoms with Crippen LogP contribution < -0.4 is 26.6 Å². The number of aromatic nitrogens is 2. The molecule has 4 saturated heterocycles. The number of aliphatic hydroxyl groups excluding tert-OH is 1. The number of fused-ring (bicyclic) bond motifs is 1. The van der Waals surface area contributed by atoms with Gasteiger partial charge in [-0.2, -0.15) is 0 Å². The van der Waals surface area contributed by atoms with E-state index < -0.39 is 41.9 Å². The molecule has 322 valence electrons. The molecule has 5 amide bonds. The molecule has 5 aliphatic rings. The van der Waals surface area contributed by atoms with Gasteiger partial charge in [0, 0.05) is 56.6 Å². The van der Waals surface area contributed by atoms with Crippen LogP contribution in [0.25, 0.3) is 0 Å². The van der Waals surface area contributed by atoms with Crippen molar-refractivity contribution in [3.05, 3.63) is 101 Å². The van der Waals surface area contributed by atoms with Crippen molar-refractivity contribution in [2.45, 2.75) is 69.4 Å². The van der Waals surface area contributed by atoms with Gasteiger partial charge in [0.05, 0.1) is 23.0 Å². The molecule has 62 heavy (non-hydrogen) atoms. The fraction of sp³-hybridized carbons (Fsp3) is 0.400. The van der Waals surface area contributed by atoms with E-state index in [1.165, 1.54) is 5.56 Å². The van der Waals surface area contributed by atoms with Gasteiger partial charge >= 0.3 is 0 Å². The maximum absolute atomic E-state index is 13.5. The van der Waals surface area contributed by atoms with Crippen molar-refractivity contribution in [1.29, 1.82) is 0 Å². The molecule has 0 saturated carbocycles. The van der Waals surface area contributed by atoms with Crippen LogP contribution in [0.2, 0.25) is 0 Å². The topological polar surface area (TPSA) is 210 Å². The minimum atomic E-state index is -1.02. The molecule has 0 aliphatic carbocycles. The first kappa shape index (κ1) is 41.1. The van der Waals surface area contributed by atoms with Crippen LogP contribution in [0.4, 0.5) is 28.7 Å². The number of hydrogen-bond acceptors (Lipinski definition) is 14. The average molecular weight is 842 g/mol. The van der Waals surface area contributed by atoms with Crippen LogP contribution >= 0.6 is 0 Å². The van der Waals surface area contributed by atoms with Crippen LogP contribution in [-0.2, 0) is 16.1 Å². The third-order valence-electron chi connectivity index (χ3n) is 12.9. The van der Waals surface area contributed by atoms with E-state index in [9.17, 15) is 29.1 Å². The highest BCUT2D eigenvalue weighted by Crippen LogP contribution is 2.35. The number of nitrogens with one attached hydrogen (secondary N) is 3. The van der Waals surface area contributed by atoms with Gasteiger partial charge in [-0.1, -0.05) is 30.3 Å². The second-order valence-corrected chi connectivity index (χ2v) is 16.9. The normalized spacial score (nSPS) is 22.8. The molecule has 17 heteroatoms. The number of rotatable bonds is 11. The van der Waals surface area contributed by atoms with Gasteiger partial charge in [-0.3, -0.25) is 48.9 Å². The van der Waals surface area contributed by atoms with E-state index in [-0.39, 0.29) is 35.7 Å². The first-order valence-corrected chi connectivity index (χ1v) is 21.4. The van der Waals surface area contributed by atoms with E-state index in [4.69, 9.17) is 10.7 Å². The zero-order valence-corrected chi connectivity index (χ0v) is 34.6. The molecule has 6 N–H and O–H groups in total. The van der Waals surface area contributed by atoms with Crippen LogP contribution in [0.15, 0.2) is 72.9 Å². The Balaban J connectivity index is 0.782. The summed E-state index contributed by atoms with van der Waals surface area (Å²) in [6.07, 6.45) is 5.14. The average Bonchev–Trinajstić information content (AvgIpc) is 3.75. The van der Waals surface area contributed by atoms with Gasteiger partial charge in [0.2, 0.25) is 11.8 Å². The summed E-state index contributed by atoms with van der Waals surface area (Å²) in [7, 11) is 1.93. The Morgan fingerprint density at radius 2 is 1.61 bits per heavy atom. The van der Waals surface area contributed by atoms with Crippen molar-refractivity contribution in [2.75, 3.05) is 61.8 Å². The number of hydrogen-bond donors (Lipinski definition) is 5. The van der Waals surface area contributed by atoms with Crippen molar-refractivity contribution >= 4 is 58.2 Å². The van der Waals surface area contributed by atoms with Crippen molar-refractivity contribution in [3.8, 4) is 0 Å². The lowest BCUT2D eigenvalue weighted by molar-refractivity contribution is -0.136. The molecule has 0 spiro atoms. The Hall–Kier alpha value is -6.27. The first-order valence-electron chi connectivity index (χ1n) is 21.4. The number of nitrogens with two attached hydrogens (primary N) is 1. The standard InChI is InChI=1S/C45H51N11O6/c1-52-22-23-55(45(52)62)32-4-3-19-54(26-32)36-24-47-39(40(46)58)41(50-36)49-31-13-9-28(10-14-31)29-17-20-53(21-18-29)25-27-7-11-30(12-8-27)48-34-6-2-5-33-38(34)44(61)56(43(33)60)35-15-16-37(57)51-42(35)59/h2,5-14,24,29,32,35,45,48,62H,3-4,15-23,25-26H2,1H3,(H2,46,58)(H,49,50)(H,51,57,59)/t32-,35-,45?/m1/s1. The van der Waals surface area contributed by atoms with E-state index in [1.807, 2.05) is 36.2 Å². The van der Waals surface area contributed by atoms with Gasteiger partial charge in [-0.15, -0.1) is 0 Å². The Labute approximate surface area is 359 Å². The summed E-state index contributed by atoms with van der Waals surface area (Å²) in [6, 6.07) is 20.5. The third-order valence-corrected chi connectivity index (χ3v) is 12.9. The van der Waals surface area contributed by atoms with Crippen LogP contribution in [0.5, 0.6) is 0 Å². The highest BCUT2D eigenvalue weighted by atomic mass is 16.3. The summed E-state index contributed by atoms with van der Waals surface area (Å²) in [5, 5.41) is 19.5. The van der Waals surface area contributed by atoms with E-state index >= 15 is 0 Å². The summed E-state index contributed by atoms with van der Waals surface area (Å²) in [5.41, 5.74) is 10.7. The molecule has 9 rings (SSSR count). The van der Waals surface area contributed by atoms with Crippen molar-refractivity contribution in [2.24, 2.45) is 5.73 Å². The smallest absolute Gasteiger partial charge is 0.271 e. The lowest BCUT2D eigenvalue weighted by Crippen LogP contribution is -2.54. The zero-order valence-electron chi connectivity index (χ0n) is 34.6. The van der Waals surface area contributed by atoms with Crippen LogP contribution in [0.1, 0.15) is 86.8 Å². The predicted octanol–water partition coefficient (Wildman–Crippen LogP) is 3.34. The summed E-state index contributed by atoms with van der Waals surface area (Å²) >= 11 is 0. The lowest BCUT2D eigenvalue weighted by atomic mass is 9.89. The van der Waals surface area contributed by atoms with E-state index in [0.717, 1.165) is 86.8 Å². The predicted molar refractivity (Wildman–Crippen MR) is 231 cm³/mol. The van der Waals surface area contributed by atoms with Gasteiger partial charge in [0.1, 0.15) is 11.9 Å². The number of aliphatic hydroxyl groups is 1. The maximum atomic E-state index is 13.5. The fourth-order valence-electron chi connectivity index (χ4n) is 9.49. The van der Waals surface area contributed by atoms with Crippen molar-refractivity contribution in [1.82, 2.24) is 34.9 Å². The maximum Gasteiger partial charge on any atom is 0.271 e. The Morgan fingerprint density at radius 1 is 0.871 bits per heavy atom. The molecule has 3 atom stereocenters. The summed E-state index contributed by atoms with van der Waals surface area (Å²) in [5.74, 6) is -1.42. The number of carbonyl (C=O) groups excluding carboxylic acids is 5. The molecule has 1 unspecified atom stereocenters. The summed E-state index contributed by atoms with van der Waals surface area (Å²) < 4.78 is 0. The van der Waals surface area contributed by atoms with Crippen LogP contribution in [0, 0.1) is 0 Å². The highest BCUT2D eigenvalue weighted by molar-refractivity contribution is 6.25. The van der Waals surface area contributed by atoms with Crippen molar-refractivity contribution < 1.29 is 29.1 Å². The van der Waals surface area contributed by atoms with Gasteiger partial charge in [-0.25, -0.2) is 9.97 Å². The number of imide groups is 2. The fourth-order valence-corrected chi connectivity index (χ4v) is 9.49. The molecule has 4 aromatic rings. The molecule has 17 nitrogen and oxygen atoms in total. The van der Waals surface area contributed by atoms with Gasteiger partial charge in [0.15, 0.2) is 17.9 Å². The molecule has 6 heterocycles. The largest absolute Gasteiger partial charge is 0.365 e. The minimum absolute atomic E-state index is 0.0629. The monoisotopic (exact) mass is 841 g/mol. The van der Waals surface area contributed by atoms with Gasteiger partial charge < -0.3 is 26.4 Å². The number of nitrogens with zero attached hydrogens (tertiary/aromatic N) is 7. The number of anilines is 5. The van der Waals surface area contributed by atoms with E-state index in [1.54, 1.807) is 24.4 Å². The molecule has 4 fully saturated rings. The van der Waals surface area contributed by atoms with Crippen LogP contribution in [0.3, 0.4) is 0 Å². The second-order valence-electron chi connectivity index (χ2n) is 16.9. The molecular formula is C45H51N11O6. The molecular weight excluding hydrogens is 791 g/mol. The number of likely N-dealkylation sites (N-methyl/N-ethyl adjacent to an activating group) is 1. The quantitative estimate of drug-likeness (QED) is 0.137. The lowest BCUT2D eigenvalue weighted by Gasteiger charge is -2.39. The second kappa shape index (κ2) is 17.2. The molecule has 3 aromatic carbocycles. The number of carbonyl (C=O) groups is 5. The number of benzene rings is 3. The molecule has 1 aromatic heterocycles. The Morgan fingerprint density at radius 3 is 2.32 bits per heavy atom. The van der Waals surface area contributed by atoms with E-state index in [2.05, 4.69) is 59.9 Å². The summed E-state index contributed by atoms with van der Waals surface area (Å²) in [4.78, 5) is 82.3. The summed E-state index contributed by atoms with van der Waals surface area (Å²) in [6.45, 7) is 5.82. The molecule has 0 radical (unpaired) electrons. The van der Waals surface area contributed by atoms with Crippen LogP contribution in [-0.4, -0.2) is 129 Å². The molecule has 0 bridgehead atoms. The number of likely N-dealkylation sites (tertiary alicyclic amines) is 1. The van der Waals surface area contributed by atoms with Crippen molar-refractivity contribution in [3.63, 3.8) is 0 Å². The SMILES string of the molecule is CN1CCN([C@@H]2CCCN(c3cnc(C(N)=O)c(Nc4ccc(C5CCN(Cc6ccc(Nc7cccc8c7C(=O)N([C@@H]7CCC(=O)NC7=O)C8=O)cc6)CC5)cc4)n3)C2)C1O.